The van der Waals surface area contributed by atoms with E-state index >= 15 is 0 Å². The minimum Gasteiger partial charge on any atom is -0.389 e. The molecular weight excluding hydrogens is 254 g/mol. The Morgan fingerprint density at radius 3 is 2.39 bits per heavy atom. The fourth-order valence-corrected chi connectivity index (χ4v) is 1.37. The van der Waals surface area contributed by atoms with Crippen LogP contribution in [0, 0.1) is 17.1 Å². The number of hydrogen-bond donors (Lipinski definition) is 2. The highest BCUT2D eigenvalue weighted by atomic mass is 19.4. The molecule has 0 amide bonds. The van der Waals surface area contributed by atoms with Crippen LogP contribution in [-0.2, 0) is 6.18 Å². The maximum atomic E-state index is 13.0. The van der Waals surface area contributed by atoms with Crippen LogP contribution < -0.4 is 0 Å². The van der Waals surface area contributed by atoms with E-state index in [1.165, 1.54) is 0 Å². The summed E-state index contributed by atoms with van der Waals surface area (Å²) in [5, 5.41) is 27.1. The van der Waals surface area contributed by atoms with Crippen molar-refractivity contribution in [2.24, 2.45) is 0 Å². The predicted molar refractivity (Wildman–Crippen MR) is 52.6 cm³/mol. The quantitative estimate of drug-likeness (QED) is 0.821. The van der Waals surface area contributed by atoms with Gasteiger partial charge in [-0.2, -0.15) is 18.4 Å². The minimum atomic E-state index is -4.89. The molecule has 0 spiro atoms. The van der Waals surface area contributed by atoms with E-state index in [-0.39, 0.29) is 5.56 Å². The lowest BCUT2D eigenvalue weighted by molar-refractivity contribution is -0.140. The standard InChI is InChI=1S/C11H9F4NO2/c12-8-2-1-6(5-7(8)11(13,14)15)10(18)9(17)3-4-16/h1-2,5,9-10,17-18H,3H2. The molecule has 0 aromatic heterocycles. The molecule has 98 valence electrons. The number of nitriles is 1. The Kier molecular flexibility index (Phi) is 4.27. The van der Waals surface area contributed by atoms with Gasteiger partial charge in [-0.25, -0.2) is 4.39 Å². The van der Waals surface area contributed by atoms with Gasteiger partial charge in [0.1, 0.15) is 11.9 Å². The van der Waals surface area contributed by atoms with Crippen LogP contribution in [0.15, 0.2) is 18.2 Å². The van der Waals surface area contributed by atoms with E-state index in [9.17, 15) is 27.8 Å². The topological polar surface area (TPSA) is 64.2 Å². The molecule has 3 nitrogen and oxygen atoms in total. The van der Waals surface area contributed by atoms with Gasteiger partial charge in [0.05, 0.1) is 24.2 Å². The van der Waals surface area contributed by atoms with E-state index < -0.39 is 36.2 Å². The summed E-state index contributed by atoms with van der Waals surface area (Å²) in [4.78, 5) is 0. The van der Waals surface area contributed by atoms with Crippen molar-refractivity contribution >= 4 is 0 Å². The molecule has 1 aromatic rings. The molecule has 1 aromatic carbocycles. The summed E-state index contributed by atoms with van der Waals surface area (Å²) in [5.41, 5.74) is -1.82. The van der Waals surface area contributed by atoms with Crippen molar-refractivity contribution in [3.63, 3.8) is 0 Å². The largest absolute Gasteiger partial charge is 0.419 e. The zero-order valence-electron chi connectivity index (χ0n) is 8.95. The first kappa shape index (κ1) is 14.4. The number of nitrogens with zero attached hydrogens (tertiary/aromatic N) is 1. The fourth-order valence-electron chi connectivity index (χ4n) is 1.37. The van der Waals surface area contributed by atoms with Gasteiger partial charge in [0.15, 0.2) is 0 Å². The lowest BCUT2D eigenvalue weighted by atomic mass is 10.00. The van der Waals surface area contributed by atoms with E-state index in [0.717, 1.165) is 6.07 Å². The van der Waals surface area contributed by atoms with Crippen molar-refractivity contribution in [1.82, 2.24) is 0 Å². The highest BCUT2D eigenvalue weighted by molar-refractivity contribution is 5.29. The number of aliphatic hydroxyl groups excluding tert-OH is 2. The van der Waals surface area contributed by atoms with Gasteiger partial charge >= 0.3 is 6.18 Å². The molecule has 0 saturated heterocycles. The molecule has 1 rings (SSSR count). The van der Waals surface area contributed by atoms with Crippen molar-refractivity contribution < 1.29 is 27.8 Å². The average molecular weight is 263 g/mol. The zero-order chi connectivity index (χ0) is 13.9. The Bertz CT molecular complexity index is 467. The van der Waals surface area contributed by atoms with Gasteiger partial charge in [0.25, 0.3) is 0 Å². The number of halogens is 4. The monoisotopic (exact) mass is 263 g/mol. The normalized spacial score (nSPS) is 14.9. The molecule has 0 saturated carbocycles. The second kappa shape index (κ2) is 5.33. The summed E-state index contributed by atoms with van der Waals surface area (Å²) in [6, 6.07) is 3.47. The highest BCUT2D eigenvalue weighted by Crippen LogP contribution is 2.33. The van der Waals surface area contributed by atoms with Gasteiger partial charge in [-0.3, -0.25) is 0 Å². The van der Waals surface area contributed by atoms with Crippen LogP contribution in [0.25, 0.3) is 0 Å². The molecule has 2 N–H and O–H groups in total. The Hall–Kier alpha value is -1.65. The molecule has 0 radical (unpaired) electrons. The summed E-state index contributed by atoms with van der Waals surface area (Å²) in [7, 11) is 0. The van der Waals surface area contributed by atoms with Crippen molar-refractivity contribution in [1.29, 1.82) is 5.26 Å². The summed E-state index contributed by atoms with van der Waals surface area (Å²) < 4.78 is 50.2. The van der Waals surface area contributed by atoms with Crippen molar-refractivity contribution in [3.05, 3.63) is 35.1 Å². The van der Waals surface area contributed by atoms with Crippen LogP contribution in [0.5, 0.6) is 0 Å². The average Bonchev–Trinajstić information content (AvgIpc) is 2.27. The first-order valence-electron chi connectivity index (χ1n) is 4.87. The molecule has 0 aliphatic heterocycles. The van der Waals surface area contributed by atoms with Crippen molar-refractivity contribution in [2.45, 2.75) is 24.8 Å². The summed E-state index contributed by atoms with van der Waals surface area (Å²) >= 11 is 0. The Balaban J connectivity index is 3.10. The molecule has 0 aliphatic rings. The van der Waals surface area contributed by atoms with Crippen LogP contribution in [0.1, 0.15) is 23.7 Å². The minimum absolute atomic E-state index is 0.300. The van der Waals surface area contributed by atoms with Crippen LogP contribution in [0.2, 0.25) is 0 Å². The van der Waals surface area contributed by atoms with E-state index in [0.29, 0.717) is 12.1 Å². The van der Waals surface area contributed by atoms with Crippen LogP contribution in [0.3, 0.4) is 0 Å². The SMILES string of the molecule is N#CCC(O)C(O)c1ccc(F)c(C(F)(F)F)c1. The first-order valence-corrected chi connectivity index (χ1v) is 4.87. The van der Waals surface area contributed by atoms with E-state index in [2.05, 4.69) is 0 Å². The third-order valence-electron chi connectivity index (χ3n) is 2.30. The molecule has 0 aliphatic carbocycles. The second-order valence-electron chi connectivity index (χ2n) is 3.61. The summed E-state index contributed by atoms with van der Waals surface area (Å²) in [6.07, 6.45) is -8.53. The third kappa shape index (κ3) is 3.18. The van der Waals surface area contributed by atoms with Crippen molar-refractivity contribution in [2.75, 3.05) is 0 Å². The smallest absolute Gasteiger partial charge is 0.389 e. The molecule has 0 fully saturated rings. The van der Waals surface area contributed by atoms with Crippen LogP contribution in [0.4, 0.5) is 17.6 Å². The zero-order valence-corrected chi connectivity index (χ0v) is 8.95. The summed E-state index contributed by atoms with van der Waals surface area (Å²) in [5.74, 6) is -1.46. The fraction of sp³-hybridized carbons (Fsp3) is 0.364. The molecule has 18 heavy (non-hydrogen) atoms. The number of hydrogen-bond acceptors (Lipinski definition) is 3. The molecule has 2 atom stereocenters. The number of aliphatic hydroxyl groups is 2. The number of alkyl halides is 3. The first-order chi connectivity index (χ1) is 8.27. The highest BCUT2D eigenvalue weighted by Gasteiger charge is 2.35. The van der Waals surface area contributed by atoms with Gasteiger partial charge in [0.2, 0.25) is 0 Å². The van der Waals surface area contributed by atoms with E-state index in [1.807, 2.05) is 0 Å². The Morgan fingerprint density at radius 2 is 1.89 bits per heavy atom. The van der Waals surface area contributed by atoms with Gasteiger partial charge in [-0.15, -0.1) is 0 Å². The maximum absolute atomic E-state index is 13.0. The van der Waals surface area contributed by atoms with E-state index in [1.54, 1.807) is 6.07 Å². The van der Waals surface area contributed by atoms with Gasteiger partial charge in [-0.05, 0) is 17.7 Å². The molecule has 0 heterocycles. The lowest BCUT2D eigenvalue weighted by Crippen LogP contribution is -2.18. The third-order valence-corrected chi connectivity index (χ3v) is 2.30. The van der Waals surface area contributed by atoms with Gasteiger partial charge < -0.3 is 10.2 Å². The second-order valence-corrected chi connectivity index (χ2v) is 3.61. The Morgan fingerprint density at radius 1 is 1.28 bits per heavy atom. The molecule has 7 heteroatoms. The molecule has 2 unspecified atom stereocenters. The summed E-state index contributed by atoms with van der Waals surface area (Å²) in [6.45, 7) is 0. The van der Waals surface area contributed by atoms with Crippen LogP contribution in [-0.4, -0.2) is 16.3 Å². The number of rotatable bonds is 3. The Labute approximate surface area is 99.9 Å². The molecule has 0 bridgehead atoms. The maximum Gasteiger partial charge on any atom is 0.419 e. The predicted octanol–water partition coefficient (Wildman–Crippen LogP) is 2.15. The van der Waals surface area contributed by atoms with Crippen LogP contribution >= 0.6 is 0 Å². The van der Waals surface area contributed by atoms with E-state index in [4.69, 9.17) is 5.26 Å². The van der Waals surface area contributed by atoms with Gasteiger partial charge in [-0.1, -0.05) is 6.07 Å². The van der Waals surface area contributed by atoms with Crippen molar-refractivity contribution in [3.8, 4) is 6.07 Å². The number of benzene rings is 1. The van der Waals surface area contributed by atoms with Gasteiger partial charge in [0, 0.05) is 0 Å². The molecular formula is C11H9F4NO2. The lowest BCUT2D eigenvalue weighted by Gasteiger charge is -2.17.